The van der Waals surface area contributed by atoms with Gasteiger partial charge in [0.1, 0.15) is 5.60 Å². The average Bonchev–Trinajstić information content (AvgIpc) is 3.03. The van der Waals surface area contributed by atoms with Gasteiger partial charge in [0.15, 0.2) is 5.96 Å². The molecule has 2 rings (SSSR count). The van der Waals surface area contributed by atoms with E-state index in [4.69, 9.17) is 14.2 Å². The summed E-state index contributed by atoms with van der Waals surface area (Å²) >= 11 is 0. The van der Waals surface area contributed by atoms with Gasteiger partial charge in [0.25, 0.3) is 0 Å². The number of hydrogen-bond donors (Lipinski definition) is 2. The third kappa shape index (κ3) is 9.29. The van der Waals surface area contributed by atoms with Crippen molar-refractivity contribution in [1.82, 2.24) is 15.5 Å². The highest BCUT2D eigenvalue weighted by atomic mass is 127. The molecule has 1 atom stereocenters. The van der Waals surface area contributed by atoms with E-state index in [-0.39, 0.29) is 42.2 Å². The number of ether oxygens (including phenoxy) is 3. The van der Waals surface area contributed by atoms with Crippen molar-refractivity contribution >= 4 is 36.0 Å². The molecule has 2 aliphatic rings. The number of likely N-dealkylation sites (tertiary alicyclic amines) is 1. The lowest BCUT2D eigenvalue weighted by Gasteiger charge is -2.40. The van der Waals surface area contributed by atoms with E-state index in [1.165, 1.54) is 0 Å². The van der Waals surface area contributed by atoms with Crippen LogP contribution in [-0.2, 0) is 14.2 Å². The number of guanidine groups is 1. The Balaban J connectivity index is 0.00000364. The van der Waals surface area contributed by atoms with E-state index < -0.39 is 5.60 Å². The maximum atomic E-state index is 11.9. The van der Waals surface area contributed by atoms with E-state index in [0.29, 0.717) is 26.3 Å². The number of nitrogens with one attached hydrogen (secondary N) is 2. The summed E-state index contributed by atoms with van der Waals surface area (Å²) in [6.45, 7) is 9.91. The zero-order valence-electron chi connectivity index (χ0n) is 17.0. The molecule has 158 valence electrons. The molecule has 8 nitrogen and oxygen atoms in total. The first-order chi connectivity index (χ1) is 12.4. The van der Waals surface area contributed by atoms with E-state index in [1.807, 2.05) is 20.8 Å². The summed E-state index contributed by atoms with van der Waals surface area (Å²) in [5.74, 6) is 0.748. The molecule has 0 spiro atoms. The fraction of sp³-hybridized carbons (Fsp3) is 0.889. The lowest BCUT2D eigenvalue weighted by atomic mass is 10.1. The first-order valence-corrected chi connectivity index (χ1v) is 9.52. The Labute approximate surface area is 179 Å². The minimum absolute atomic E-state index is 0. The molecular formula is C18H35IN4O4. The minimum atomic E-state index is -0.459. The summed E-state index contributed by atoms with van der Waals surface area (Å²) < 4.78 is 16.5. The number of amides is 1. The van der Waals surface area contributed by atoms with Crippen molar-refractivity contribution < 1.29 is 19.0 Å². The highest BCUT2D eigenvalue weighted by molar-refractivity contribution is 14.0. The fourth-order valence-electron chi connectivity index (χ4n) is 2.80. The van der Waals surface area contributed by atoms with Crippen LogP contribution in [0.5, 0.6) is 0 Å². The van der Waals surface area contributed by atoms with Crippen molar-refractivity contribution in [3.63, 3.8) is 0 Å². The van der Waals surface area contributed by atoms with Gasteiger partial charge in [-0.25, -0.2) is 4.79 Å². The smallest absolute Gasteiger partial charge is 0.410 e. The SMILES string of the molecule is CN=C(NCCCOCC1CCCO1)NC1CN(C(=O)OC(C)(C)C)C1.I. The molecule has 0 bridgehead atoms. The van der Waals surface area contributed by atoms with Gasteiger partial charge >= 0.3 is 6.09 Å². The van der Waals surface area contributed by atoms with Gasteiger partial charge in [-0.15, -0.1) is 24.0 Å². The van der Waals surface area contributed by atoms with Crippen LogP contribution >= 0.6 is 24.0 Å². The third-order valence-electron chi connectivity index (χ3n) is 4.18. The molecule has 1 unspecified atom stereocenters. The zero-order valence-corrected chi connectivity index (χ0v) is 19.3. The Morgan fingerprint density at radius 1 is 1.33 bits per heavy atom. The van der Waals surface area contributed by atoms with Crippen LogP contribution in [0.2, 0.25) is 0 Å². The van der Waals surface area contributed by atoms with Gasteiger partial charge in [0.05, 0.1) is 18.8 Å². The van der Waals surface area contributed by atoms with E-state index in [2.05, 4.69) is 15.6 Å². The number of nitrogens with zero attached hydrogens (tertiary/aromatic N) is 2. The van der Waals surface area contributed by atoms with Crippen molar-refractivity contribution in [2.24, 2.45) is 4.99 Å². The molecule has 2 heterocycles. The number of carbonyl (C=O) groups excluding carboxylic acids is 1. The van der Waals surface area contributed by atoms with Gasteiger partial charge in [-0.1, -0.05) is 0 Å². The number of aliphatic imine (C=N–C) groups is 1. The number of carbonyl (C=O) groups is 1. The molecule has 2 saturated heterocycles. The van der Waals surface area contributed by atoms with Crippen LogP contribution in [0.15, 0.2) is 4.99 Å². The molecule has 2 fully saturated rings. The Morgan fingerprint density at radius 2 is 2.07 bits per heavy atom. The molecule has 9 heteroatoms. The van der Waals surface area contributed by atoms with Crippen LogP contribution in [0, 0.1) is 0 Å². The topological polar surface area (TPSA) is 84.4 Å². The van der Waals surface area contributed by atoms with Gasteiger partial charge in [-0.2, -0.15) is 0 Å². The minimum Gasteiger partial charge on any atom is -0.444 e. The molecule has 1 amide bonds. The lowest BCUT2D eigenvalue weighted by Crippen LogP contribution is -2.63. The van der Waals surface area contributed by atoms with Crippen LogP contribution in [0.4, 0.5) is 4.79 Å². The first kappa shape index (κ1) is 24.2. The highest BCUT2D eigenvalue weighted by Gasteiger charge is 2.34. The van der Waals surface area contributed by atoms with Crippen LogP contribution in [-0.4, -0.2) is 81.2 Å². The average molecular weight is 498 g/mol. The highest BCUT2D eigenvalue weighted by Crippen LogP contribution is 2.15. The predicted octanol–water partition coefficient (Wildman–Crippen LogP) is 1.97. The van der Waals surface area contributed by atoms with Crippen molar-refractivity contribution in [2.75, 3.05) is 46.5 Å². The van der Waals surface area contributed by atoms with E-state index in [1.54, 1.807) is 11.9 Å². The predicted molar refractivity (Wildman–Crippen MR) is 116 cm³/mol. The standard InChI is InChI=1S/C18H34N4O4.HI/c1-18(2,3)26-17(23)22-11-14(12-22)21-16(19-4)20-8-6-9-24-13-15-7-5-10-25-15;/h14-15H,5-13H2,1-4H3,(H2,19,20,21);1H. The monoisotopic (exact) mass is 498 g/mol. The maximum Gasteiger partial charge on any atom is 0.410 e. The molecule has 2 aliphatic heterocycles. The quantitative estimate of drug-likeness (QED) is 0.242. The van der Waals surface area contributed by atoms with E-state index >= 15 is 0 Å². The molecule has 0 aliphatic carbocycles. The summed E-state index contributed by atoms with van der Waals surface area (Å²) in [5, 5.41) is 6.59. The molecule has 2 N–H and O–H groups in total. The summed E-state index contributed by atoms with van der Waals surface area (Å²) in [5.41, 5.74) is -0.459. The van der Waals surface area contributed by atoms with Gasteiger partial charge in [-0.3, -0.25) is 4.99 Å². The molecule has 0 aromatic rings. The third-order valence-corrected chi connectivity index (χ3v) is 4.18. The second-order valence-corrected chi connectivity index (χ2v) is 7.79. The zero-order chi connectivity index (χ0) is 19.0. The second-order valence-electron chi connectivity index (χ2n) is 7.79. The molecule has 27 heavy (non-hydrogen) atoms. The Hall–Kier alpha value is -0.810. The van der Waals surface area contributed by atoms with Gasteiger partial charge in [0, 0.05) is 39.9 Å². The molecule has 0 radical (unpaired) electrons. The molecule has 0 aromatic heterocycles. The van der Waals surface area contributed by atoms with E-state index in [0.717, 1.165) is 38.4 Å². The Kier molecular flexibility index (Phi) is 10.7. The summed E-state index contributed by atoms with van der Waals surface area (Å²) in [4.78, 5) is 17.8. The number of halogens is 1. The van der Waals surface area contributed by atoms with Gasteiger partial charge in [-0.05, 0) is 40.0 Å². The van der Waals surface area contributed by atoms with Crippen molar-refractivity contribution in [3.05, 3.63) is 0 Å². The molecule has 0 saturated carbocycles. The fourth-order valence-corrected chi connectivity index (χ4v) is 2.80. The number of hydrogen-bond acceptors (Lipinski definition) is 5. The normalized spacial score (nSPS) is 20.7. The van der Waals surface area contributed by atoms with Crippen molar-refractivity contribution in [1.29, 1.82) is 0 Å². The van der Waals surface area contributed by atoms with Gasteiger partial charge in [0.2, 0.25) is 0 Å². The number of rotatable bonds is 7. The van der Waals surface area contributed by atoms with Crippen LogP contribution in [0.25, 0.3) is 0 Å². The lowest BCUT2D eigenvalue weighted by molar-refractivity contribution is 0.00699. The summed E-state index contributed by atoms with van der Waals surface area (Å²) in [6, 6.07) is 0.199. The maximum absolute atomic E-state index is 11.9. The first-order valence-electron chi connectivity index (χ1n) is 9.52. The molecule has 0 aromatic carbocycles. The summed E-state index contributed by atoms with van der Waals surface area (Å²) in [6.07, 6.45) is 3.17. The second kappa shape index (κ2) is 11.9. The Bertz CT molecular complexity index is 472. The van der Waals surface area contributed by atoms with Crippen LogP contribution < -0.4 is 10.6 Å². The molecular weight excluding hydrogens is 463 g/mol. The van der Waals surface area contributed by atoms with Crippen molar-refractivity contribution in [3.8, 4) is 0 Å². The van der Waals surface area contributed by atoms with Crippen LogP contribution in [0.3, 0.4) is 0 Å². The summed E-state index contributed by atoms with van der Waals surface area (Å²) in [7, 11) is 1.74. The van der Waals surface area contributed by atoms with E-state index in [9.17, 15) is 4.79 Å². The largest absolute Gasteiger partial charge is 0.444 e. The van der Waals surface area contributed by atoms with Crippen molar-refractivity contribution in [2.45, 2.75) is 57.8 Å². The Morgan fingerprint density at radius 3 is 2.67 bits per heavy atom. The van der Waals surface area contributed by atoms with Crippen LogP contribution in [0.1, 0.15) is 40.0 Å². The van der Waals surface area contributed by atoms with Gasteiger partial charge < -0.3 is 29.7 Å².